The van der Waals surface area contributed by atoms with Gasteiger partial charge in [0.2, 0.25) is 5.91 Å². The van der Waals surface area contributed by atoms with Crippen LogP contribution in [0.4, 0.5) is 5.69 Å². The summed E-state index contributed by atoms with van der Waals surface area (Å²) in [6.07, 6.45) is 9.07. The maximum atomic E-state index is 13.5. The van der Waals surface area contributed by atoms with Crippen LogP contribution in [0.2, 0.25) is 0 Å². The Morgan fingerprint density at radius 2 is 1.92 bits per heavy atom. The van der Waals surface area contributed by atoms with Crippen LogP contribution in [-0.4, -0.2) is 63.4 Å². The molecule has 0 radical (unpaired) electrons. The number of hydrogen-bond acceptors (Lipinski definition) is 6. The fraction of sp³-hybridized carbons (Fsp3) is 0.531. The fourth-order valence-corrected chi connectivity index (χ4v) is 7.88. The SMILES string of the molecule is COc1ccc2c(c1)[C@]1(C[C@H]1C1CCC3C(/C=C/c4ccc(CN5CCOCC5)cc4)NNC3C1)C(=O)N2C. The predicted molar refractivity (Wildman–Crippen MR) is 152 cm³/mol. The van der Waals surface area contributed by atoms with Crippen LogP contribution in [0.1, 0.15) is 42.4 Å². The van der Waals surface area contributed by atoms with Crippen molar-refractivity contribution in [2.45, 2.75) is 49.7 Å². The minimum absolute atomic E-state index is 0.271. The first-order chi connectivity index (χ1) is 19.1. The van der Waals surface area contributed by atoms with Gasteiger partial charge in [0.05, 0.1) is 25.7 Å². The number of amides is 1. The van der Waals surface area contributed by atoms with Gasteiger partial charge in [-0.25, -0.2) is 0 Å². The van der Waals surface area contributed by atoms with Crippen LogP contribution >= 0.6 is 0 Å². The largest absolute Gasteiger partial charge is 0.497 e. The average molecular weight is 529 g/mol. The molecule has 3 aliphatic heterocycles. The summed E-state index contributed by atoms with van der Waals surface area (Å²) in [5.74, 6) is 2.69. The van der Waals surface area contributed by atoms with Gasteiger partial charge in [-0.15, -0.1) is 0 Å². The summed E-state index contributed by atoms with van der Waals surface area (Å²) in [5.41, 5.74) is 11.7. The number of rotatable bonds is 6. The van der Waals surface area contributed by atoms with Crippen molar-refractivity contribution in [3.8, 4) is 5.75 Å². The number of anilines is 1. The molecule has 2 saturated heterocycles. The highest BCUT2D eigenvalue weighted by Gasteiger charge is 2.68. The van der Waals surface area contributed by atoms with E-state index in [1.54, 1.807) is 7.11 Å². The zero-order valence-electron chi connectivity index (χ0n) is 23.1. The zero-order valence-corrected chi connectivity index (χ0v) is 23.1. The number of nitrogens with zero attached hydrogens (tertiary/aromatic N) is 2. The van der Waals surface area contributed by atoms with Crippen molar-refractivity contribution in [2.24, 2.45) is 17.8 Å². The van der Waals surface area contributed by atoms with Gasteiger partial charge in [0, 0.05) is 44.5 Å². The zero-order chi connectivity index (χ0) is 26.6. The first-order valence-corrected chi connectivity index (χ1v) is 14.6. The van der Waals surface area contributed by atoms with Gasteiger partial charge in [-0.05, 0) is 78.3 Å². The highest BCUT2D eigenvalue weighted by molar-refractivity contribution is 6.10. The van der Waals surface area contributed by atoms with Crippen molar-refractivity contribution in [3.63, 3.8) is 0 Å². The van der Waals surface area contributed by atoms with E-state index >= 15 is 0 Å². The third-order valence-corrected chi connectivity index (χ3v) is 10.1. The second kappa shape index (κ2) is 10.0. The molecule has 2 aliphatic carbocycles. The summed E-state index contributed by atoms with van der Waals surface area (Å²) in [7, 11) is 3.62. The Labute approximate surface area is 231 Å². The van der Waals surface area contributed by atoms with E-state index < -0.39 is 0 Å². The Morgan fingerprint density at radius 1 is 1.10 bits per heavy atom. The summed E-state index contributed by atoms with van der Waals surface area (Å²) in [4.78, 5) is 17.8. The molecule has 206 valence electrons. The second-order valence-corrected chi connectivity index (χ2v) is 12.2. The number of hydrogen-bond donors (Lipinski definition) is 2. The summed E-state index contributed by atoms with van der Waals surface area (Å²) in [5, 5.41) is 0. The number of carbonyl (C=O) groups excluding carboxylic acids is 1. The fourth-order valence-electron chi connectivity index (χ4n) is 7.88. The molecular formula is C32H40N4O3. The minimum Gasteiger partial charge on any atom is -0.497 e. The molecule has 0 bridgehead atoms. The molecule has 7 rings (SSSR count). The van der Waals surface area contributed by atoms with E-state index in [-0.39, 0.29) is 11.3 Å². The average Bonchev–Trinajstić information content (AvgIpc) is 3.56. The molecule has 0 aromatic heterocycles. The topological polar surface area (TPSA) is 66.1 Å². The number of ether oxygens (including phenoxy) is 2. The lowest BCUT2D eigenvalue weighted by Gasteiger charge is -2.33. The number of carbonyl (C=O) groups is 1. The van der Waals surface area contributed by atoms with Gasteiger partial charge < -0.3 is 14.4 Å². The molecule has 2 N–H and O–H groups in total. The number of nitrogens with one attached hydrogen (secondary N) is 2. The third kappa shape index (κ3) is 4.40. The second-order valence-electron chi connectivity index (χ2n) is 12.2. The molecule has 4 fully saturated rings. The van der Waals surface area contributed by atoms with Crippen molar-refractivity contribution in [1.29, 1.82) is 0 Å². The molecule has 6 atom stereocenters. The standard InChI is InChI=1S/C32H40N4O3/c1-35-30-12-9-24(38-2)18-26(30)32(31(35)37)19-27(32)23-8-10-25-28(33-34-29(25)17-23)11-7-21-3-5-22(6-4-21)20-36-13-15-39-16-14-36/h3-7,9,11-12,18,23,25,27-29,33-34H,8,10,13-17,19-20H2,1-2H3/b11-7+/t23?,25?,27-,28?,29?,32-/m0/s1. The maximum absolute atomic E-state index is 13.5. The quantitative estimate of drug-likeness (QED) is 0.596. The Bertz CT molecular complexity index is 1260. The Balaban J connectivity index is 0.976. The molecule has 1 spiro atoms. The lowest BCUT2D eigenvalue weighted by molar-refractivity contribution is -0.120. The molecule has 5 aliphatic rings. The first-order valence-electron chi connectivity index (χ1n) is 14.6. The van der Waals surface area contributed by atoms with Crippen LogP contribution in [0.5, 0.6) is 5.75 Å². The predicted octanol–water partition coefficient (Wildman–Crippen LogP) is 3.74. The van der Waals surface area contributed by atoms with Crippen LogP contribution < -0.4 is 20.5 Å². The van der Waals surface area contributed by atoms with Crippen LogP contribution in [0.15, 0.2) is 48.5 Å². The van der Waals surface area contributed by atoms with Gasteiger partial charge in [0.1, 0.15) is 5.75 Å². The molecule has 4 unspecified atom stereocenters. The smallest absolute Gasteiger partial charge is 0.237 e. The minimum atomic E-state index is -0.338. The van der Waals surface area contributed by atoms with Crippen LogP contribution in [0.25, 0.3) is 6.08 Å². The summed E-state index contributed by atoms with van der Waals surface area (Å²) in [6, 6.07) is 15.9. The van der Waals surface area contributed by atoms with Gasteiger partial charge in [-0.1, -0.05) is 36.4 Å². The molecule has 7 nitrogen and oxygen atoms in total. The highest BCUT2D eigenvalue weighted by Crippen LogP contribution is 2.66. The number of fused-ring (bicyclic) bond motifs is 3. The number of benzene rings is 2. The Morgan fingerprint density at radius 3 is 2.72 bits per heavy atom. The molecule has 2 aromatic rings. The summed E-state index contributed by atoms with van der Waals surface area (Å²) >= 11 is 0. The van der Waals surface area contributed by atoms with E-state index in [1.165, 1.54) is 29.5 Å². The number of morpholine rings is 1. The lowest BCUT2D eigenvalue weighted by Crippen LogP contribution is -2.38. The van der Waals surface area contributed by atoms with E-state index in [1.807, 2.05) is 24.1 Å². The molecule has 1 amide bonds. The lowest BCUT2D eigenvalue weighted by atomic mass is 9.73. The summed E-state index contributed by atoms with van der Waals surface area (Å²) in [6.45, 7) is 4.71. The maximum Gasteiger partial charge on any atom is 0.237 e. The number of methoxy groups -OCH3 is 1. The van der Waals surface area contributed by atoms with Crippen molar-refractivity contribution in [3.05, 3.63) is 65.2 Å². The van der Waals surface area contributed by atoms with E-state index in [2.05, 4.69) is 58.2 Å². The Hall–Kier alpha value is -2.71. The summed E-state index contributed by atoms with van der Waals surface area (Å²) < 4.78 is 11.0. The van der Waals surface area contributed by atoms with Gasteiger partial charge in [0.25, 0.3) is 0 Å². The van der Waals surface area contributed by atoms with Crippen molar-refractivity contribution >= 4 is 17.7 Å². The van der Waals surface area contributed by atoms with E-state index in [4.69, 9.17) is 9.47 Å². The van der Waals surface area contributed by atoms with Crippen LogP contribution in [0.3, 0.4) is 0 Å². The van der Waals surface area contributed by atoms with E-state index in [9.17, 15) is 4.79 Å². The van der Waals surface area contributed by atoms with Gasteiger partial charge in [-0.3, -0.25) is 20.5 Å². The molecule has 7 heteroatoms. The van der Waals surface area contributed by atoms with Crippen molar-refractivity contribution in [2.75, 3.05) is 45.4 Å². The number of hydrazine groups is 1. The molecule has 3 heterocycles. The molecule has 2 saturated carbocycles. The first kappa shape index (κ1) is 25.3. The monoisotopic (exact) mass is 528 g/mol. The van der Waals surface area contributed by atoms with E-state index in [0.717, 1.165) is 57.1 Å². The van der Waals surface area contributed by atoms with Gasteiger partial charge in [0.15, 0.2) is 0 Å². The van der Waals surface area contributed by atoms with E-state index in [0.29, 0.717) is 29.8 Å². The van der Waals surface area contributed by atoms with Crippen LogP contribution in [0, 0.1) is 17.8 Å². The Kier molecular flexibility index (Phi) is 6.51. The third-order valence-electron chi connectivity index (χ3n) is 10.1. The molecule has 2 aromatic carbocycles. The molecular weight excluding hydrogens is 488 g/mol. The normalized spacial score (nSPS) is 34.1. The van der Waals surface area contributed by atoms with Crippen molar-refractivity contribution < 1.29 is 14.3 Å². The van der Waals surface area contributed by atoms with Crippen molar-refractivity contribution in [1.82, 2.24) is 15.8 Å². The highest BCUT2D eigenvalue weighted by atomic mass is 16.5. The van der Waals surface area contributed by atoms with Crippen LogP contribution in [-0.2, 0) is 21.5 Å². The van der Waals surface area contributed by atoms with Gasteiger partial charge >= 0.3 is 0 Å². The molecule has 39 heavy (non-hydrogen) atoms. The van der Waals surface area contributed by atoms with Gasteiger partial charge in [-0.2, -0.15) is 0 Å². The number of likely N-dealkylation sites (N-methyl/N-ethyl adjacent to an activating group) is 1.